The van der Waals surface area contributed by atoms with E-state index in [9.17, 15) is 19.2 Å². The molecule has 6 nitrogen and oxygen atoms in total. The number of halogens is 1. The largest absolute Gasteiger partial charge is 0.481 e. The highest BCUT2D eigenvalue weighted by atomic mass is 35.5. The van der Waals surface area contributed by atoms with E-state index >= 15 is 0 Å². The molecule has 0 unspecified atom stereocenters. The number of carbonyl (C=O) groups is 4. The Morgan fingerprint density at radius 3 is 2.05 bits per heavy atom. The number of benzene rings is 1. The highest BCUT2D eigenvalue weighted by molar-refractivity contribution is 6.65. The van der Waals surface area contributed by atoms with Crippen LogP contribution in [-0.4, -0.2) is 39.1 Å². The third-order valence-electron chi connectivity index (χ3n) is 3.03. The van der Waals surface area contributed by atoms with Crippen molar-refractivity contribution in [3.63, 3.8) is 0 Å². The van der Waals surface area contributed by atoms with Crippen LogP contribution >= 0.6 is 11.6 Å². The first-order valence-corrected chi connectivity index (χ1v) is 6.19. The zero-order chi connectivity index (χ0) is 14.9. The van der Waals surface area contributed by atoms with Gasteiger partial charge in [0.05, 0.1) is 11.1 Å². The van der Waals surface area contributed by atoms with Crippen molar-refractivity contribution in [3.8, 4) is 0 Å². The summed E-state index contributed by atoms with van der Waals surface area (Å²) >= 11 is 5.40. The van der Waals surface area contributed by atoms with E-state index in [-0.39, 0.29) is 24.0 Å². The summed E-state index contributed by atoms with van der Waals surface area (Å²) in [6, 6.07) is 4.88. The average Bonchev–Trinajstić information content (AvgIpc) is 2.64. The molecule has 2 rings (SSSR count). The number of carboxylic acid groups (broad SMARTS) is 1. The Hall–Kier alpha value is -2.21. The minimum absolute atomic E-state index is 0.191. The molecule has 2 amide bonds. The Balaban J connectivity index is 2.32. The minimum atomic E-state index is -1.26. The van der Waals surface area contributed by atoms with Gasteiger partial charge in [0, 0.05) is 6.42 Å². The Morgan fingerprint density at radius 1 is 1.15 bits per heavy atom. The first-order valence-electron chi connectivity index (χ1n) is 5.81. The van der Waals surface area contributed by atoms with E-state index in [1.165, 1.54) is 12.1 Å². The molecule has 1 aliphatic heterocycles. The van der Waals surface area contributed by atoms with Crippen LogP contribution in [-0.2, 0) is 9.59 Å². The molecule has 0 radical (unpaired) electrons. The van der Waals surface area contributed by atoms with Crippen molar-refractivity contribution in [1.29, 1.82) is 0 Å². The van der Waals surface area contributed by atoms with Crippen LogP contribution in [0.4, 0.5) is 0 Å². The third kappa shape index (κ3) is 2.42. The predicted molar refractivity (Wildman–Crippen MR) is 68.5 cm³/mol. The van der Waals surface area contributed by atoms with Crippen molar-refractivity contribution in [2.75, 3.05) is 0 Å². The normalized spacial score (nSPS) is 15.2. The van der Waals surface area contributed by atoms with Crippen molar-refractivity contribution in [2.45, 2.75) is 18.9 Å². The Morgan fingerprint density at radius 2 is 1.65 bits per heavy atom. The lowest BCUT2D eigenvalue weighted by atomic mass is 10.1. The monoisotopic (exact) mass is 295 g/mol. The molecule has 0 aromatic heterocycles. The number of rotatable bonds is 5. The number of imide groups is 1. The van der Waals surface area contributed by atoms with Gasteiger partial charge in [-0.05, 0) is 30.2 Å². The maximum absolute atomic E-state index is 12.1. The summed E-state index contributed by atoms with van der Waals surface area (Å²) in [5.41, 5.74) is 0.381. The molecular formula is C13H10ClNO5. The zero-order valence-electron chi connectivity index (χ0n) is 10.2. The summed E-state index contributed by atoms with van der Waals surface area (Å²) in [5, 5.41) is 7.72. The lowest BCUT2D eigenvalue weighted by Crippen LogP contribution is -2.43. The van der Waals surface area contributed by atoms with E-state index < -0.39 is 29.1 Å². The molecule has 1 atom stereocenters. The summed E-state index contributed by atoms with van der Waals surface area (Å²) in [6.07, 6.45) is -0.570. The molecular weight excluding hydrogens is 286 g/mol. The van der Waals surface area contributed by atoms with Crippen LogP contribution in [0.15, 0.2) is 24.3 Å². The molecule has 104 valence electrons. The Kier molecular flexibility index (Phi) is 3.85. The van der Waals surface area contributed by atoms with Gasteiger partial charge in [-0.15, -0.1) is 0 Å². The molecule has 1 N–H and O–H groups in total. The molecule has 1 aliphatic rings. The maximum Gasteiger partial charge on any atom is 0.303 e. The van der Waals surface area contributed by atoms with Gasteiger partial charge in [-0.25, -0.2) is 0 Å². The van der Waals surface area contributed by atoms with Gasteiger partial charge >= 0.3 is 5.97 Å². The summed E-state index contributed by atoms with van der Waals surface area (Å²) in [5.74, 6) is -2.39. The molecule has 20 heavy (non-hydrogen) atoms. The smallest absolute Gasteiger partial charge is 0.303 e. The molecule has 7 heteroatoms. The number of nitrogens with zero attached hydrogens (tertiary/aromatic N) is 1. The van der Waals surface area contributed by atoms with Gasteiger partial charge < -0.3 is 5.11 Å². The number of carbonyl (C=O) groups excluding carboxylic acids is 3. The van der Waals surface area contributed by atoms with Crippen LogP contribution in [0.2, 0.25) is 0 Å². The summed E-state index contributed by atoms with van der Waals surface area (Å²) in [7, 11) is 0. The minimum Gasteiger partial charge on any atom is -0.481 e. The van der Waals surface area contributed by atoms with Crippen LogP contribution in [0.25, 0.3) is 0 Å². The standard InChI is InChI=1S/C13H10ClNO5/c14-11(18)9(5-6-10(16)17)15-12(19)7-3-1-2-4-8(7)13(15)20/h1-4,9H,5-6H2,(H,16,17)/t9-/m0/s1. The predicted octanol–water partition coefficient (Wildman–Crippen LogP) is 1.28. The van der Waals surface area contributed by atoms with Crippen molar-refractivity contribution in [3.05, 3.63) is 35.4 Å². The van der Waals surface area contributed by atoms with Crippen LogP contribution < -0.4 is 0 Å². The van der Waals surface area contributed by atoms with Crippen LogP contribution in [0.3, 0.4) is 0 Å². The average molecular weight is 296 g/mol. The fraction of sp³-hybridized carbons (Fsp3) is 0.231. The summed E-state index contributed by atoms with van der Waals surface area (Å²) in [6.45, 7) is 0. The fourth-order valence-electron chi connectivity index (χ4n) is 2.10. The second-order valence-corrected chi connectivity index (χ2v) is 4.65. The first kappa shape index (κ1) is 14.2. The molecule has 0 fully saturated rings. The zero-order valence-corrected chi connectivity index (χ0v) is 11.0. The van der Waals surface area contributed by atoms with Gasteiger partial charge in [0.25, 0.3) is 11.8 Å². The lowest BCUT2D eigenvalue weighted by Gasteiger charge is -2.22. The van der Waals surface area contributed by atoms with Crippen LogP contribution in [0.1, 0.15) is 33.6 Å². The molecule has 1 heterocycles. The number of amides is 2. The van der Waals surface area contributed by atoms with Crippen LogP contribution in [0, 0.1) is 0 Å². The molecule has 0 saturated heterocycles. The number of hydrogen-bond donors (Lipinski definition) is 1. The van der Waals surface area contributed by atoms with Gasteiger partial charge in [0.15, 0.2) is 0 Å². The molecule has 0 bridgehead atoms. The summed E-state index contributed by atoms with van der Waals surface area (Å²) < 4.78 is 0. The number of hydrogen-bond acceptors (Lipinski definition) is 4. The van der Waals surface area contributed by atoms with Crippen LogP contribution in [0.5, 0.6) is 0 Å². The maximum atomic E-state index is 12.1. The Labute approximate surface area is 118 Å². The lowest BCUT2D eigenvalue weighted by molar-refractivity contribution is -0.137. The third-order valence-corrected chi connectivity index (χ3v) is 3.28. The van der Waals surface area contributed by atoms with Crippen molar-refractivity contribution < 1.29 is 24.3 Å². The SMILES string of the molecule is O=C(O)CC[C@@H](C(=O)Cl)N1C(=O)c2ccccc2C1=O. The van der Waals surface area contributed by atoms with Gasteiger partial charge in [0.2, 0.25) is 5.24 Å². The van der Waals surface area contributed by atoms with Crippen molar-refractivity contribution in [1.82, 2.24) is 4.90 Å². The van der Waals surface area contributed by atoms with E-state index in [0.29, 0.717) is 0 Å². The van der Waals surface area contributed by atoms with E-state index in [2.05, 4.69) is 0 Å². The first-order chi connectivity index (χ1) is 9.43. The molecule has 0 aliphatic carbocycles. The molecule has 0 spiro atoms. The highest BCUT2D eigenvalue weighted by Gasteiger charge is 2.42. The Bertz CT molecular complexity index is 578. The van der Waals surface area contributed by atoms with Gasteiger partial charge in [-0.1, -0.05) is 12.1 Å². The molecule has 1 aromatic rings. The fourth-order valence-corrected chi connectivity index (χ4v) is 2.30. The van der Waals surface area contributed by atoms with E-state index in [4.69, 9.17) is 16.7 Å². The van der Waals surface area contributed by atoms with Gasteiger partial charge in [-0.3, -0.25) is 24.1 Å². The number of aliphatic carboxylic acids is 1. The van der Waals surface area contributed by atoms with Crippen molar-refractivity contribution >= 4 is 34.6 Å². The molecule has 0 saturated carbocycles. The van der Waals surface area contributed by atoms with E-state index in [0.717, 1.165) is 4.90 Å². The number of carboxylic acids is 1. The topological polar surface area (TPSA) is 91.8 Å². The second kappa shape index (κ2) is 5.42. The highest BCUT2D eigenvalue weighted by Crippen LogP contribution is 2.26. The number of fused-ring (bicyclic) bond motifs is 1. The van der Waals surface area contributed by atoms with E-state index in [1.807, 2.05) is 0 Å². The van der Waals surface area contributed by atoms with Gasteiger partial charge in [0.1, 0.15) is 6.04 Å². The van der Waals surface area contributed by atoms with Crippen molar-refractivity contribution in [2.24, 2.45) is 0 Å². The van der Waals surface area contributed by atoms with Gasteiger partial charge in [-0.2, -0.15) is 0 Å². The second-order valence-electron chi connectivity index (χ2n) is 4.28. The summed E-state index contributed by atoms with van der Waals surface area (Å²) in [4.78, 5) is 47.0. The van der Waals surface area contributed by atoms with E-state index in [1.54, 1.807) is 12.1 Å². The quantitative estimate of drug-likeness (QED) is 0.652. The molecule has 1 aromatic carbocycles.